The van der Waals surface area contributed by atoms with Crippen molar-refractivity contribution in [2.75, 3.05) is 6.54 Å². The van der Waals surface area contributed by atoms with Gasteiger partial charge in [-0.15, -0.1) is 11.3 Å². The number of hydrogen-bond donors (Lipinski definition) is 1. The van der Waals surface area contributed by atoms with Crippen LogP contribution in [-0.4, -0.2) is 27.5 Å². The molecular formula is C20H18N2O2S. The van der Waals surface area contributed by atoms with Gasteiger partial charge in [-0.25, -0.2) is 4.79 Å². The van der Waals surface area contributed by atoms with Crippen molar-refractivity contribution in [2.45, 2.75) is 19.5 Å². The maximum Gasteiger partial charge on any atom is 0.345 e. The quantitative estimate of drug-likeness (QED) is 0.771. The van der Waals surface area contributed by atoms with E-state index in [2.05, 4.69) is 29.2 Å². The van der Waals surface area contributed by atoms with E-state index in [0.717, 1.165) is 42.3 Å². The SMILES string of the molecule is O=C(O)c1ccc(-c2cccc(CN3CCc4ccccc4C3)n2)s1. The highest BCUT2D eigenvalue weighted by Gasteiger charge is 2.16. The molecule has 1 aromatic carbocycles. The van der Waals surface area contributed by atoms with Crippen LogP contribution in [0.15, 0.2) is 54.6 Å². The zero-order valence-corrected chi connectivity index (χ0v) is 14.5. The molecule has 0 saturated heterocycles. The Morgan fingerprint density at radius 1 is 1.08 bits per heavy atom. The van der Waals surface area contributed by atoms with Gasteiger partial charge in [-0.3, -0.25) is 9.88 Å². The van der Waals surface area contributed by atoms with Gasteiger partial charge >= 0.3 is 5.97 Å². The van der Waals surface area contributed by atoms with E-state index in [4.69, 9.17) is 10.1 Å². The minimum atomic E-state index is -0.889. The number of carboxylic acid groups (broad SMARTS) is 1. The highest BCUT2D eigenvalue weighted by molar-refractivity contribution is 7.17. The first-order chi connectivity index (χ1) is 12.2. The van der Waals surface area contributed by atoms with E-state index < -0.39 is 5.97 Å². The highest BCUT2D eigenvalue weighted by atomic mass is 32.1. The highest BCUT2D eigenvalue weighted by Crippen LogP contribution is 2.27. The monoisotopic (exact) mass is 350 g/mol. The maximum atomic E-state index is 11.1. The van der Waals surface area contributed by atoms with Crippen LogP contribution in [0.4, 0.5) is 0 Å². The molecule has 0 atom stereocenters. The number of rotatable bonds is 4. The number of aromatic nitrogens is 1. The number of aromatic carboxylic acids is 1. The van der Waals surface area contributed by atoms with Gasteiger partial charge in [-0.2, -0.15) is 0 Å². The normalized spacial score (nSPS) is 14.2. The van der Waals surface area contributed by atoms with Gasteiger partial charge < -0.3 is 5.11 Å². The van der Waals surface area contributed by atoms with E-state index in [1.165, 1.54) is 22.5 Å². The fourth-order valence-electron chi connectivity index (χ4n) is 3.21. The third-order valence-corrected chi connectivity index (χ3v) is 5.57. The number of fused-ring (bicyclic) bond motifs is 1. The summed E-state index contributed by atoms with van der Waals surface area (Å²) >= 11 is 1.26. The third kappa shape index (κ3) is 3.48. The van der Waals surface area contributed by atoms with Gasteiger partial charge in [-0.05, 0) is 41.8 Å². The van der Waals surface area contributed by atoms with Crippen molar-refractivity contribution in [3.63, 3.8) is 0 Å². The number of benzene rings is 1. The lowest BCUT2D eigenvalue weighted by Crippen LogP contribution is -2.30. The zero-order chi connectivity index (χ0) is 17.2. The van der Waals surface area contributed by atoms with Crippen LogP contribution < -0.4 is 0 Å². The maximum absolute atomic E-state index is 11.1. The van der Waals surface area contributed by atoms with Gasteiger partial charge in [0.15, 0.2) is 0 Å². The number of pyridine rings is 1. The summed E-state index contributed by atoms with van der Waals surface area (Å²) < 4.78 is 0. The Hall–Kier alpha value is -2.50. The molecule has 0 amide bonds. The Bertz CT molecular complexity index is 919. The molecule has 0 unspecified atom stereocenters. The number of thiophene rings is 1. The molecule has 0 spiro atoms. The predicted octanol–water partition coefficient (Wildman–Crippen LogP) is 4.07. The Morgan fingerprint density at radius 2 is 1.92 bits per heavy atom. The van der Waals surface area contributed by atoms with Crippen molar-refractivity contribution < 1.29 is 9.90 Å². The first-order valence-corrected chi connectivity index (χ1v) is 9.09. The standard InChI is InChI=1S/C20H18N2O2S/c23-20(24)19-9-8-18(25-19)17-7-3-6-16(21-17)13-22-11-10-14-4-1-2-5-15(14)12-22/h1-9H,10-13H2,(H,23,24). The summed E-state index contributed by atoms with van der Waals surface area (Å²) in [5.74, 6) is -0.889. The van der Waals surface area contributed by atoms with E-state index in [9.17, 15) is 4.79 Å². The summed E-state index contributed by atoms with van der Waals surface area (Å²) in [6.45, 7) is 2.79. The van der Waals surface area contributed by atoms with Crippen molar-refractivity contribution in [3.8, 4) is 10.6 Å². The number of carbonyl (C=O) groups is 1. The Morgan fingerprint density at radius 3 is 2.72 bits per heavy atom. The fourth-order valence-corrected chi connectivity index (χ4v) is 4.03. The van der Waals surface area contributed by atoms with Crippen molar-refractivity contribution in [2.24, 2.45) is 0 Å². The Kier molecular flexibility index (Phi) is 4.34. The molecule has 1 aliphatic heterocycles. The molecule has 2 aromatic heterocycles. The van der Waals surface area contributed by atoms with Gasteiger partial charge in [-0.1, -0.05) is 30.3 Å². The Balaban J connectivity index is 1.51. The van der Waals surface area contributed by atoms with Crippen molar-refractivity contribution in [1.29, 1.82) is 0 Å². The van der Waals surface area contributed by atoms with E-state index in [1.54, 1.807) is 6.07 Å². The molecule has 0 saturated carbocycles. The van der Waals surface area contributed by atoms with Crippen molar-refractivity contribution in [1.82, 2.24) is 9.88 Å². The van der Waals surface area contributed by atoms with Crippen LogP contribution in [0, 0.1) is 0 Å². The van der Waals surface area contributed by atoms with Crippen LogP contribution in [0.5, 0.6) is 0 Å². The van der Waals surface area contributed by atoms with Crippen molar-refractivity contribution >= 4 is 17.3 Å². The molecule has 0 bridgehead atoms. The number of hydrogen-bond acceptors (Lipinski definition) is 4. The first-order valence-electron chi connectivity index (χ1n) is 8.27. The summed E-state index contributed by atoms with van der Waals surface area (Å²) in [4.78, 5) is 19.4. The van der Waals surface area contributed by atoms with Crippen LogP contribution in [0.25, 0.3) is 10.6 Å². The van der Waals surface area contributed by atoms with Crippen LogP contribution in [0.1, 0.15) is 26.5 Å². The average Bonchev–Trinajstić information content (AvgIpc) is 3.12. The average molecular weight is 350 g/mol. The second-order valence-electron chi connectivity index (χ2n) is 6.21. The smallest absolute Gasteiger partial charge is 0.345 e. The van der Waals surface area contributed by atoms with E-state index in [1.807, 2.05) is 24.3 Å². The van der Waals surface area contributed by atoms with Gasteiger partial charge in [0, 0.05) is 19.6 Å². The van der Waals surface area contributed by atoms with Crippen LogP contribution in [-0.2, 0) is 19.5 Å². The molecule has 5 heteroatoms. The number of nitrogens with zero attached hydrogens (tertiary/aromatic N) is 2. The summed E-state index contributed by atoms with van der Waals surface area (Å²) in [6.07, 6.45) is 1.07. The van der Waals surface area contributed by atoms with Crippen LogP contribution >= 0.6 is 11.3 Å². The lowest BCUT2D eigenvalue weighted by Gasteiger charge is -2.28. The summed E-state index contributed by atoms with van der Waals surface area (Å²) in [5.41, 5.74) is 4.70. The first kappa shape index (κ1) is 16.0. The molecule has 4 nitrogen and oxygen atoms in total. The summed E-state index contributed by atoms with van der Waals surface area (Å²) in [6, 6.07) is 18.0. The molecule has 25 heavy (non-hydrogen) atoms. The summed E-state index contributed by atoms with van der Waals surface area (Å²) in [5, 5.41) is 9.08. The second-order valence-corrected chi connectivity index (χ2v) is 7.30. The van der Waals surface area contributed by atoms with E-state index in [-0.39, 0.29) is 0 Å². The van der Waals surface area contributed by atoms with Gasteiger partial charge in [0.05, 0.1) is 16.3 Å². The van der Waals surface area contributed by atoms with Crippen LogP contribution in [0.2, 0.25) is 0 Å². The molecule has 0 aliphatic carbocycles. The largest absolute Gasteiger partial charge is 0.477 e. The minimum Gasteiger partial charge on any atom is -0.477 e. The topological polar surface area (TPSA) is 53.4 Å². The minimum absolute atomic E-state index is 0.342. The lowest BCUT2D eigenvalue weighted by molar-refractivity contribution is 0.0702. The lowest BCUT2D eigenvalue weighted by atomic mass is 10.00. The fraction of sp³-hybridized carbons (Fsp3) is 0.200. The predicted molar refractivity (Wildman–Crippen MR) is 98.8 cm³/mol. The molecular weight excluding hydrogens is 332 g/mol. The summed E-state index contributed by atoms with van der Waals surface area (Å²) in [7, 11) is 0. The molecule has 1 aliphatic rings. The zero-order valence-electron chi connectivity index (χ0n) is 13.7. The number of carboxylic acids is 1. The van der Waals surface area contributed by atoms with E-state index in [0.29, 0.717) is 4.88 Å². The van der Waals surface area contributed by atoms with Crippen molar-refractivity contribution in [3.05, 3.63) is 76.3 Å². The molecule has 126 valence electrons. The van der Waals surface area contributed by atoms with E-state index >= 15 is 0 Å². The van der Waals surface area contributed by atoms with Gasteiger partial charge in [0.2, 0.25) is 0 Å². The molecule has 1 N–H and O–H groups in total. The Labute approximate surface area is 150 Å². The molecule has 3 heterocycles. The second kappa shape index (κ2) is 6.78. The van der Waals surface area contributed by atoms with Gasteiger partial charge in [0.25, 0.3) is 0 Å². The third-order valence-electron chi connectivity index (χ3n) is 4.47. The molecule has 4 rings (SSSR count). The van der Waals surface area contributed by atoms with Crippen LogP contribution in [0.3, 0.4) is 0 Å². The molecule has 3 aromatic rings. The van der Waals surface area contributed by atoms with Gasteiger partial charge in [0.1, 0.15) is 4.88 Å². The molecule has 0 fully saturated rings. The molecule has 0 radical (unpaired) electrons.